The summed E-state index contributed by atoms with van der Waals surface area (Å²) in [5.41, 5.74) is 4.23. The highest BCUT2D eigenvalue weighted by molar-refractivity contribution is 7.99. The average molecular weight is 448 g/mol. The van der Waals surface area contributed by atoms with Crippen LogP contribution in [0.3, 0.4) is 0 Å². The van der Waals surface area contributed by atoms with E-state index in [1.807, 2.05) is 36.4 Å². The van der Waals surface area contributed by atoms with Gasteiger partial charge < -0.3 is 0 Å². The van der Waals surface area contributed by atoms with Crippen molar-refractivity contribution in [1.29, 1.82) is 0 Å². The molecular weight excluding hydrogens is 422 g/mol. The Kier molecular flexibility index (Phi) is 6.99. The second-order valence-electron chi connectivity index (χ2n) is 7.42. The van der Waals surface area contributed by atoms with Gasteiger partial charge in [0, 0.05) is 17.5 Å². The fraction of sp³-hybridized carbons (Fsp3) is 0.240. The van der Waals surface area contributed by atoms with Gasteiger partial charge in [-0.2, -0.15) is 0 Å². The summed E-state index contributed by atoms with van der Waals surface area (Å²) in [7, 11) is 0. The molecule has 0 N–H and O–H groups in total. The second-order valence-corrected chi connectivity index (χ2v) is 9.59. The van der Waals surface area contributed by atoms with Gasteiger partial charge in [-0.1, -0.05) is 41.7 Å². The van der Waals surface area contributed by atoms with Crippen LogP contribution in [0.15, 0.2) is 71.8 Å². The second kappa shape index (κ2) is 10.1. The molecule has 0 saturated heterocycles. The number of pyridine rings is 1. The fourth-order valence-electron chi connectivity index (χ4n) is 3.31. The largest absolute Gasteiger partial charge is 0.282 e. The molecule has 4 aromatic rings. The molecule has 2 aromatic heterocycles. The van der Waals surface area contributed by atoms with E-state index in [4.69, 9.17) is 4.98 Å². The molecule has 31 heavy (non-hydrogen) atoms. The van der Waals surface area contributed by atoms with Crippen molar-refractivity contribution in [2.24, 2.45) is 0 Å². The molecule has 1 amide bonds. The van der Waals surface area contributed by atoms with E-state index >= 15 is 0 Å². The predicted molar refractivity (Wildman–Crippen MR) is 131 cm³/mol. The van der Waals surface area contributed by atoms with E-state index in [9.17, 15) is 4.79 Å². The summed E-state index contributed by atoms with van der Waals surface area (Å²) in [4.78, 5) is 25.6. The average Bonchev–Trinajstić information content (AvgIpc) is 3.23. The Morgan fingerprint density at radius 3 is 2.61 bits per heavy atom. The number of nitrogens with zero attached hydrogens (tertiary/aromatic N) is 3. The Labute approximate surface area is 191 Å². The highest BCUT2D eigenvalue weighted by Gasteiger charge is 2.21. The first-order valence-corrected chi connectivity index (χ1v) is 12.2. The first kappa shape index (κ1) is 21.5. The molecule has 6 heteroatoms. The highest BCUT2D eigenvalue weighted by Crippen LogP contribution is 2.33. The number of thioether (sulfide) groups is 1. The van der Waals surface area contributed by atoms with E-state index < -0.39 is 0 Å². The van der Waals surface area contributed by atoms with Gasteiger partial charge >= 0.3 is 0 Å². The van der Waals surface area contributed by atoms with Crippen LogP contribution in [0, 0.1) is 13.8 Å². The summed E-state index contributed by atoms with van der Waals surface area (Å²) in [6.07, 6.45) is 3.07. The Balaban J connectivity index is 1.51. The third-order valence-electron chi connectivity index (χ3n) is 5.20. The summed E-state index contributed by atoms with van der Waals surface area (Å²) < 4.78 is 1.11. The van der Waals surface area contributed by atoms with Gasteiger partial charge in [0.05, 0.1) is 22.5 Å². The zero-order valence-corrected chi connectivity index (χ0v) is 19.4. The number of aryl methyl sites for hydroxylation is 2. The molecule has 0 unspecified atom stereocenters. The smallest absolute Gasteiger partial charge is 0.229 e. The van der Waals surface area contributed by atoms with Gasteiger partial charge in [0.25, 0.3) is 0 Å². The Morgan fingerprint density at radius 2 is 1.84 bits per heavy atom. The van der Waals surface area contributed by atoms with Crippen molar-refractivity contribution in [3.8, 4) is 0 Å². The lowest BCUT2D eigenvalue weighted by Crippen LogP contribution is -2.30. The molecule has 0 bridgehead atoms. The number of hydrogen-bond donors (Lipinski definition) is 0. The fourth-order valence-corrected chi connectivity index (χ4v) is 5.23. The van der Waals surface area contributed by atoms with Crippen LogP contribution in [0.4, 0.5) is 5.13 Å². The molecule has 4 rings (SSSR count). The quantitative estimate of drug-likeness (QED) is 0.231. The van der Waals surface area contributed by atoms with Gasteiger partial charge in [-0.3, -0.25) is 14.7 Å². The summed E-state index contributed by atoms with van der Waals surface area (Å²) in [6, 6.07) is 20.3. The molecule has 158 valence electrons. The van der Waals surface area contributed by atoms with Gasteiger partial charge in [-0.25, -0.2) is 4.98 Å². The summed E-state index contributed by atoms with van der Waals surface area (Å²) in [6.45, 7) is 4.62. The monoisotopic (exact) mass is 447 g/mol. The number of fused-ring (bicyclic) bond motifs is 1. The first-order chi connectivity index (χ1) is 15.1. The Bertz CT molecular complexity index is 1160. The summed E-state index contributed by atoms with van der Waals surface area (Å²) in [5, 5.41) is 0.745. The van der Waals surface area contributed by atoms with Gasteiger partial charge in [0.2, 0.25) is 5.91 Å². The zero-order chi connectivity index (χ0) is 21.6. The van der Waals surface area contributed by atoms with Crippen LogP contribution in [0.25, 0.3) is 10.2 Å². The molecule has 0 spiro atoms. The lowest BCUT2D eigenvalue weighted by atomic mass is 10.1. The SMILES string of the molecule is Cc1ccc2sc(N(Cc3ccccn3)C(=O)CCCSc3ccccc3)nc2c1C. The van der Waals surface area contributed by atoms with Crippen LogP contribution >= 0.6 is 23.1 Å². The van der Waals surface area contributed by atoms with Gasteiger partial charge in [-0.15, -0.1) is 11.8 Å². The zero-order valence-electron chi connectivity index (χ0n) is 17.7. The number of benzene rings is 2. The Hall–Kier alpha value is -2.70. The molecule has 2 heterocycles. The van der Waals surface area contributed by atoms with Crippen LogP contribution in [-0.4, -0.2) is 21.6 Å². The number of rotatable bonds is 8. The first-order valence-electron chi connectivity index (χ1n) is 10.4. The van der Waals surface area contributed by atoms with Crippen LogP contribution in [0.5, 0.6) is 0 Å². The normalized spacial score (nSPS) is 11.0. The van der Waals surface area contributed by atoms with Crippen LogP contribution < -0.4 is 4.90 Å². The molecule has 0 fully saturated rings. The number of carbonyl (C=O) groups is 1. The maximum absolute atomic E-state index is 13.2. The van der Waals surface area contributed by atoms with E-state index in [-0.39, 0.29) is 5.91 Å². The highest BCUT2D eigenvalue weighted by atomic mass is 32.2. The van der Waals surface area contributed by atoms with Crippen molar-refractivity contribution in [2.75, 3.05) is 10.7 Å². The number of carbonyl (C=O) groups excluding carboxylic acids is 1. The van der Waals surface area contributed by atoms with Crippen LogP contribution in [-0.2, 0) is 11.3 Å². The van der Waals surface area contributed by atoms with Crippen molar-refractivity contribution in [3.05, 3.63) is 83.7 Å². The predicted octanol–water partition coefficient (Wildman–Crippen LogP) is 6.41. The van der Waals surface area contributed by atoms with Gasteiger partial charge in [-0.05, 0) is 67.5 Å². The summed E-state index contributed by atoms with van der Waals surface area (Å²) >= 11 is 3.36. The van der Waals surface area contributed by atoms with Gasteiger partial charge in [0.1, 0.15) is 0 Å². The number of aromatic nitrogens is 2. The molecule has 0 aliphatic carbocycles. The minimum atomic E-state index is 0.0905. The van der Waals surface area contributed by atoms with Crippen molar-refractivity contribution >= 4 is 44.4 Å². The van der Waals surface area contributed by atoms with E-state index in [0.717, 1.165) is 33.2 Å². The maximum Gasteiger partial charge on any atom is 0.229 e. The molecule has 2 aromatic carbocycles. The topological polar surface area (TPSA) is 46.1 Å². The third-order valence-corrected chi connectivity index (χ3v) is 7.34. The molecule has 0 radical (unpaired) electrons. The third kappa shape index (κ3) is 5.32. The van der Waals surface area contributed by atoms with Crippen molar-refractivity contribution < 1.29 is 4.79 Å². The van der Waals surface area contributed by atoms with Crippen LogP contribution in [0.2, 0.25) is 0 Å². The van der Waals surface area contributed by atoms with Crippen molar-refractivity contribution in [1.82, 2.24) is 9.97 Å². The van der Waals surface area contributed by atoms with E-state index in [0.29, 0.717) is 13.0 Å². The van der Waals surface area contributed by atoms with Crippen molar-refractivity contribution in [3.63, 3.8) is 0 Å². The van der Waals surface area contributed by atoms with Crippen molar-refractivity contribution in [2.45, 2.75) is 38.1 Å². The number of thiazole rings is 1. The van der Waals surface area contributed by atoms with E-state index in [1.54, 1.807) is 34.2 Å². The summed E-state index contributed by atoms with van der Waals surface area (Å²) in [5.74, 6) is 0.999. The molecule has 0 aliphatic heterocycles. The minimum absolute atomic E-state index is 0.0905. The molecule has 0 aliphatic rings. The van der Waals surface area contributed by atoms with E-state index in [2.05, 4.69) is 43.1 Å². The lowest BCUT2D eigenvalue weighted by Gasteiger charge is -2.19. The lowest BCUT2D eigenvalue weighted by molar-refractivity contribution is -0.118. The maximum atomic E-state index is 13.2. The molecular formula is C25H25N3OS2. The number of hydrogen-bond acceptors (Lipinski definition) is 5. The minimum Gasteiger partial charge on any atom is -0.282 e. The Morgan fingerprint density at radius 1 is 1.03 bits per heavy atom. The van der Waals surface area contributed by atoms with E-state index in [1.165, 1.54) is 16.0 Å². The number of amides is 1. The molecule has 4 nitrogen and oxygen atoms in total. The number of anilines is 1. The standard InChI is InChI=1S/C25H25N3OS2/c1-18-13-14-22-24(19(18)2)27-25(31-22)28(17-20-9-6-7-15-26-20)23(29)12-8-16-30-21-10-4-3-5-11-21/h3-7,9-11,13-15H,8,12,16-17H2,1-2H3. The molecule has 0 saturated carbocycles. The van der Waals surface area contributed by atoms with Gasteiger partial charge in [0.15, 0.2) is 5.13 Å². The van der Waals surface area contributed by atoms with Crippen LogP contribution in [0.1, 0.15) is 29.7 Å². The molecule has 0 atom stereocenters.